The minimum atomic E-state index is -0.240. The average molecular weight is 329 g/mol. The van der Waals surface area contributed by atoms with Crippen molar-refractivity contribution in [3.8, 4) is 0 Å². The van der Waals surface area contributed by atoms with Crippen LogP contribution < -0.4 is 5.73 Å². The van der Waals surface area contributed by atoms with Crippen molar-refractivity contribution in [2.75, 3.05) is 0 Å². The predicted molar refractivity (Wildman–Crippen MR) is 76.3 cm³/mol. The van der Waals surface area contributed by atoms with Gasteiger partial charge in [-0.3, -0.25) is 0 Å². The first-order valence-corrected chi connectivity index (χ1v) is 7.32. The Morgan fingerprint density at radius 3 is 2.78 bits per heavy atom. The quantitative estimate of drug-likeness (QED) is 0.933. The second-order valence-electron chi connectivity index (χ2n) is 4.30. The highest BCUT2D eigenvalue weighted by Crippen LogP contribution is 2.17. The minimum absolute atomic E-state index is 0.0415. The van der Waals surface area contributed by atoms with E-state index in [-0.39, 0.29) is 11.9 Å². The largest absolute Gasteiger partial charge is 0.327 e. The molecule has 2 rings (SSSR count). The fourth-order valence-corrected chi connectivity index (χ4v) is 3.01. The molecule has 0 bridgehead atoms. The third kappa shape index (κ3) is 3.86. The molecule has 1 atom stereocenters. The zero-order valence-electron chi connectivity index (χ0n) is 9.99. The van der Waals surface area contributed by atoms with E-state index in [4.69, 9.17) is 5.73 Å². The maximum atomic E-state index is 13.2. The highest BCUT2D eigenvalue weighted by atomic mass is 79.9. The Morgan fingerprint density at radius 2 is 2.17 bits per heavy atom. The first-order valence-electron chi connectivity index (χ1n) is 5.64. The van der Waals surface area contributed by atoms with Crippen LogP contribution in [0.1, 0.15) is 16.3 Å². The lowest BCUT2D eigenvalue weighted by atomic mass is 10.0. The summed E-state index contributed by atoms with van der Waals surface area (Å²) in [5.41, 5.74) is 7.99. The van der Waals surface area contributed by atoms with Gasteiger partial charge in [0.25, 0.3) is 0 Å². The van der Waals surface area contributed by atoms with Gasteiger partial charge in [0.05, 0.1) is 10.7 Å². The zero-order chi connectivity index (χ0) is 13.1. The molecule has 0 aliphatic carbocycles. The molecule has 96 valence electrons. The summed E-state index contributed by atoms with van der Waals surface area (Å²) in [5, 5.41) is 3.07. The van der Waals surface area contributed by atoms with Crippen LogP contribution in [0.5, 0.6) is 0 Å². The summed E-state index contributed by atoms with van der Waals surface area (Å²) < 4.78 is 14.0. The lowest BCUT2D eigenvalue weighted by Gasteiger charge is -2.10. The van der Waals surface area contributed by atoms with E-state index in [2.05, 4.69) is 20.9 Å². The van der Waals surface area contributed by atoms with Crippen molar-refractivity contribution in [2.45, 2.75) is 25.8 Å². The van der Waals surface area contributed by atoms with Crippen LogP contribution in [0, 0.1) is 12.7 Å². The van der Waals surface area contributed by atoms with E-state index in [1.165, 1.54) is 12.1 Å². The van der Waals surface area contributed by atoms with E-state index in [0.717, 1.165) is 27.2 Å². The molecule has 0 saturated heterocycles. The van der Waals surface area contributed by atoms with Crippen molar-refractivity contribution in [2.24, 2.45) is 5.73 Å². The number of halogens is 2. The Balaban J connectivity index is 2.00. The predicted octanol–water partition coefficient (Wildman–Crippen LogP) is 3.47. The molecule has 2 nitrogen and oxygen atoms in total. The number of hydrogen-bond acceptors (Lipinski definition) is 3. The molecule has 0 spiro atoms. The van der Waals surface area contributed by atoms with Gasteiger partial charge < -0.3 is 5.73 Å². The van der Waals surface area contributed by atoms with Gasteiger partial charge in [-0.1, -0.05) is 15.9 Å². The second-order valence-corrected chi connectivity index (χ2v) is 6.28. The van der Waals surface area contributed by atoms with Crippen molar-refractivity contribution in [3.05, 3.63) is 50.1 Å². The van der Waals surface area contributed by atoms with Gasteiger partial charge in [0.1, 0.15) is 5.82 Å². The van der Waals surface area contributed by atoms with Crippen molar-refractivity contribution in [1.82, 2.24) is 4.98 Å². The fourth-order valence-electron chi connectivity index (χ4n) is 1.87. The van der Waals surface area contributed by atoms with Gasteiger partial charge >= 0.3 is 0 Å². The van der Waals surface area contributed by atoms with Gasteiger partial charge in [0, 0.05) is 22.3 Å². The number of hydrogen-bond donors (Lipinski definition) is 1. The molecule has 5 heteroatoms. The highest BCUT2D eigenvalue weighted by Gasteiger charge is 2.09. The molecule has 0 fully saturated rings. The Bertz CT molecular complexity index is 521. The van der Waals surface area contributed by atoms with Gasteiger partial charge in [-0.05, 0) is 37.1 Å². The molecule has 1 heterocycles. The smallest absolute Gasteiger partial charge is 0.124 e. The first-order chi connectivity index (χ1) is 8.52. The molecular formula is C13H14BrFN2S. The standard InChI is InChI=1S/C13H14BrFN2S/c1-8-17-13(7-18-8)6-12(16)4-9-2-10(14)5-11(15)3-9/h2-3,5,7,12H,4,6,16H2,1H3. The van der Waals surface area contributed by atoms with Crippen LogP contribution in [0.2, 0.25) is 0 Å². The average Bonchev–Trinajstić information content (AvgIpc) is 2.61. The molecule has 0 aliphatic rings. The molecule has 0 amide bonds. The van der Waals surface area contributed by atoms with Gasteiger partial charge in [-0.2, -0.15) is 0 Å². The van der Waals surface area contributed by atoms with Crippen molar-refractivity contribution in [3.63, 3.8) is 0 Å². The van der Waals surface area contributed by atoms with E-state index in [1.807, 2.05) is 18.4 Å². The van der Waals surface area contributed by atoms with Crippen molar-refractivity contribution >= 4 is 27.3 Å². The second kappa shape index (κ2) is 5.91. The summed E-state index contributed by atoms with van der Waals surface area (Å²) in [6.07, 6.45) is 1.37. The first kappa shape index (κ1) is 13.6. The van der Waals surface area contributed by atoms with Crippen LogP contribution in [-0.2, 0) is 12.8 Å². The Morgan fingerprint density at radius 1 is 1.39 bits per heavy atom. The number of benzene rings is 1. The van der Waals surface area contributed by atoms with E-state index in [9.17, 15) is 4.39 Å². The molecule has 0 radical (unpaired) electrons. The summed E-state index contributed by atoms with van der Waals surface area (Å²) in [7, 11) is 0. The lowest BCUT2D eigenvalue weighted by Crippen LogP contribution is -2.25. The van der Waals surface area contributed by atoms with Crippen molar-refractivity contribution in [1.29, 1.82) is 0 Å². The van der Waals surface area contributed by atoms with Crippen LogP contribution in [0.3, 0.4) is 0 Å². The van der Waals surface area contributed by atoms with Gasteiger partial charge in [0.2, 0.25) is 0 Å². The van der Waals surface area contributed by atoms with Gasteiger partial charge in [-0.25, -0.2) is 9.37 Å². The molecule has 2 aromatic rings. The molecule has 2 N–H and O–H groups in total. The van der Waals surface area contributed by atoms with E-state index < -0.39 is 0 Å². The third-order valence-corrected chi connectivity index (χ3v) is 3.84. The minimum Gasteiger partial charge on any atom is -0.327 e. The fraction of sp³-hybridized carbons (Fsp3) is 0.308. The summed E-state index contributed by atoms with van der Waals surface area (Å²) in [5.74, 6) is -0.240. The number of nitrogens with zero attached hydrogens (tertiary/aromatic N) is 1. The number of aromatic nitrogens is 1. The normalized spacial score (nSPS) is 12.7. The van der Waals surface area contributed by atoms with Crippen LogP contribution in [0.4, 0.5) is 4.39 Å². The molecule has 1 aromatic heterocycles. The number of rotatable bonds is 4. The van der Waals surface area contributed by atoms with Crippen molar-refractivity contribution < 1.29 is 4.39 Å². The van der Waals surface area contributed by atoms with Crippen LogP contribution in [0.25, 0.3) is 0 Å². The highest BCUT2D eigenvalue weighted by molar-refractivity contribution is 9.10. The summed E-state index contributed by atoms with van der Waals surface area (Å²) >= 11 is 4.90. The van der Waals surface area contributed by atoms with Crippen LogP contribution in [0.15, 0.2) is 28.1 Å². The van der Waals surface area contributed by atoms with Gasteiger partial charge in [-0.15, -0.1) is 11.3 Å². The maximum absolute atomic E-state index is 13.2. The number of aryl methyl sites for hydroxylation is 1. The van der Waals surface area contributed by atoms with Crippen LogP contribution in [-0.4, -0.2) is 11.0 Å². The maximum Gasteiger partial charge on any atom is 0.124 e. The summed E-state index contributed by atoms with van der Waals surface area (Å²) in [6, 6.07) is 4.82. The molecule has 1 unspecified atom stereocenters. The topological polar surface area (TPSA) is 38.9 Å². The van der Waals surface area contributed by atoms with Crippen LogP contribution >= 0.6 is 27.3 Å². The molecule has 0 saturated carbocycles. The molecule has 0 aliphatic heterocycles. The number of thiazole rings is 1. The lowest BCUT2D eigenvalue weighted by molar-refractivity contribution is 0.616. The monoisotopic (exact) mass is 328 g/mol. The molecule has 18 heavy (non-hydrogen) atoms. The number of nitrogens with two attached hydrogens (primary N) is 1. The zero-order valence-corrected chi connectivity index (χ0v) is 12.4. The Hall–Kier alpha value is -0.780. The Kier molecular flexibility index (Phi) is 4.48. The third-order valence-electron chi connectivity index (χ3n) is 2.56. The molecule has 1 aromatic carbocycles. The SMILES string of the molecule is Cc1nc(CC(N)Cc2cc(F)cc(Br)c2)cs1. The van der Waals surface area contributed by atoms with E-state index in [1.54, 1.807) is 11.3 Å². The van der Waals surface area contributed by atoms with E-state index >= 15 is 0 Å². The summed E-state index contributed by atoms with van der Waals surface area (Å²) in [6.45, 7) is 1.98. The molecular weight excluding hydrogens is 315 g/mol. The Labute approximate surface area is 118 Å². The summed E-state index contributed by atoms with van der Waals surface area (Å²) in [4.78, 5) is 4.38. The van der Waals surface area contributed by atoms with Gasteiger partial charge in [0.15, 0.2) is 0 Å². The van der Waals surface area contributed by atoms with E-state index in [0.29, 0.717) is 6.42 Å².